The summed E-state index contributed by atoms with van der Waals surface area (Å²) in [5, 5.41) is 1.07. The van der Waals surface area contributed by atoms with Gasteiger partial charge in [-0.2, -0.15) is 0 Å². The molecule has 0 bridgehead atoms. The zero-order valence-electron chi connectivity index (χ0n) is 19.4. The number of rotatable bonds is 4. The second kappa shape index (κ2) is 8.14. The second-order valence-electron chi connectivity index (χ2n) is 8.98. The smallest absolute Gasteiger partial charge is 0.277 e. The topological polar surface area (TPSA) is 145 Å². The van der Waals surface area contributed by atoms with E-state index >= 15 is 4.39 Å². The fraction of sp³-hybridized carbons (Fsp3) is 0.476. The fourth-order valence-corrected chi connectivity index (χ4v) is 7.35. The highest BCUT2D eigenvalue weighted by atomic mass is 32.2. The molecule has 3 N–H and O–H groups in total. The zero-order chi connectivity index (χ0) is 25.8. The normalized spacial score (nSPS) is 28.8. The number of aliphatic imine (C=N–C) groups is 1. The van der Waals surface area contributed by atoms with E-state index in [1.165, 1.54) is 46.3 Å². The van der Waals surface area contributed by atoms with E-state index in [4.69, 9.17) is 10.5 Å². The van der Waals surface area contributed by atoms with Gasteiger partial charge in [0.2, 0.25) is 5.88 Å². The second-order valence-corrected chi connectivity index (χ2v) is 12.0. The number of methoxy groups -OCH3 is 1. The average Bonchev–Trinajstić information content (AvgIpc) is 2.80. The Bertz CT molecular complexity index is 1340. The Balaban J connectivity index is 1.78. The van der Waals surface area contributed by atoms with Gasteiger partial charge in [0.1, 0.15) is 45.7 Å². The molecule has 4 rings (SSSR count). The van der Waals surface area contributed by atoms with Crippen molar-refractivity contribution < 1.29 is 26.9 Å². The van der Waals surface area contributed by atoms with E-state index in [9.17, 15) is 17.8 Å². The van der Waals surface area contributed by atoms with Crippen molar-refractivity contribution in [1.82, 2.24) is 15.0 Å². The lowest BCUT2D eigenvalue weighted by atomic mass is 9.88. The van der Waals surface area contributed by atoms with Gasteiger partial charge in [0.25, 0.3) is 11.8 Å². The molecule has 2 aliphatic rings. The summed E-state index contributed by atoms with van der Waals surface area (Å²) in [6.45, 7) is 3.46. The lowest BCUT2D eigenvalue weighted by Gasteiger charge is -2.48. The van der Waals surface area contributed by atoms with Gasteiger partial charge in [0, 0.05) is 6.42 Å². The van der Waals surface area contributed by atoms with Crippen molar-refractivity contribution in [3.8, 4) is 5.88 Å². The van der Waals surface area contributed by atoms with Crippen LogP contribution in [0.3, 0.4) is 0 Å². The van der Waals surface area contributed by atoms with Crippen LogP contribution in [0.4, 0.5) is 19.0 Å². The first-order valence-corrected chi connectivity index (χ1v) is 12.1. The number of pyridine rings is 1. The van der Waals surface area contributed by atoms with E-state index < -0.39 is 55.9 Å². The van der Waals surface area contributed by atoms with Gasteiger partial charge in [-0.25, -0.2) is 36.7 Å². The van der Waals surface area contributed by atoms with Crippen LogP contribution in [0, 0.1) is 5.82 Å². The monoisotopic (exact) mass is 511 g/mol. The van der Waals surface area contributed by atoms with Gasteiger partial charge in [-0.1, -0.05) is 0 Å². The predicted molar refractivity (Wildman–Crippen MR) is 123 cm³/mol. The maximum atomic E-state index is 15.1. The van der Waals surface area contributed by atoms with Crippen molar-refractivity contribution in [2.24, 2.45) is 15.1 Å². The van der Waals surface area contributed by atoms with E-state index in [1.54, 1.807) is 0 Å². The van der Waals surface area contributed by atoms with Gasteiger partial charge in [0.05, 0.1) is 34.5 Å². The molecule has 2 aliphatic heterocycles. The number of nitrogens with one attached hydrogen (secondary N) is 1. The molecule has 10 nitrogen and oxygen atoms in total. The summed E-state index contributed by atoms with van der Waals surface area (Å²) in [5.74, 6) is -4.87. The Morgan fingerprint density at radius 3 is 2.57 bits per heavy atom. The van der Waals surface area contributed by atoms with Crippen molar-refractivity contribution in [3.63, 3.8) is 0 Å². The summed E-state index contributed by atoms with van der Waals surface area (Å²) >= 11 is 0. The number of amidine groups is 1. The third-order valence-corrected chi connectivity index (χ3v) is 9.90. The molecule has 0 saturated heterocycles. The minimum Gasteiger partial charge on any atom is -0.480 e. The summed E-state index contributed by atoms with van der Waals surface area (Å²) in [6, 6.07) is 2.20. The third-order valence-electron chi connectivity index (χ3n) is 6.32. The van der Waals surface area contributed by atoms with Crippen molar-refractivity contribution in [2.75, 3.05) is 19.0 Å². The standard InChI is InChI=1S/C21H24F3N7O3S/c1-19(2)18(25)31-20(3,13-7-21(23,24)10-28-35(13,19)33)16-11(22)5-6-14(29-16)30-17(32)12-8-27-15(34-4)9-26-12/h5-6,8-9,13H,7,10H2,1-4H3,(H2,25,31)(H,29,30,32)/t13-,20+,35-/m1/s1. The SMILES string of the molecule is COc1cnc(C(=O)Nc2ccc(F)c([C@@]3(C)N=C(N)C(C)(C)[S@@]4(=O)=NCC(F)(F)C[C@H]34)n2)cn1. The number of halogens is 3. The number of hydrogen-bond donors (Lipinski definition) is 2. The highest BCUT2D eigenvalue weighted by Crippen LogP contribution is 2.49. The number of aromatic nitrogens is 3. The van der Waals surface area contributed by atoms with Gasteiger partial charge in [-0.15, -0.1) is 0 Å². The lowest BCUT2D eigenvalue weighted by molar-refractivity contribution is -0.00686. The first-order valence-electron chi connectivity index (χ1n) is 10.5. The van der Waals surface area contributed by atoms with Crippen LogP contribution in [-0.2, 0) is 15.3 Å². The van der Waals surface area contributed by atoms with Crippen LogP contribution >= 0.6 is 0 Å². The molecule has 14 heteroatoms. The molecule has 0 saturated carbocycles. The van der Waals surface area contributed by atoms with Crippen LogP contribution in [0.2, 0.25) is 0 Å². The maximum Gasteiger partial charge on any atom is 0.277 e. The van der Waals surface area contributed by atoms with Crippen molar-refractivity contribution in [1.29, 1.82) is 0 Å². The van der Waals surface area contributed by atoms with Crippen LogP contribution in [-0.4, -0.2) is 60.5 Å². The Morgan fingerprint density at radius 1 is 1.23 bits per heavy atom. The van der Waals surface area contributed by atoms with Crippen LogP contribution in [0.15, 0.2) is 33.9 Å². The van der Waals surface area contributed by atoms with Crippen LogP contribution in [0.1, 0.15) is 43.4 Å². The number of ether oxygens (including phenoxy) is 1. The summed E-state index contributed by atoms with van der Waals surface area (Å²) in [5.41, 5.74) is 3.84. The summed E-state index contributed by atoms with van der Waals surface area (Å²) in [6.07, 6.45) is 1.57. The quantitative estimate of drug-likeness (QED) is 0.642. The van der Waals surface area contributed by atoms with Crippen LogP contribution < -0.4 is 15.8 Å². The van der Waals surface area contributed by atoms with Gasteiger partial charge in [-0.05, 0) is 32.9 Å². The van der Waals surface area contributed by atoms with Gasteiger partial charge >= 0.3 is 0 Å². The molecule has 188 valence electrons. The number of fused-ring (bicyclic) bond motifs is 1. The van der Waals surface area contributed by atoms with E-state index in [0.717, 1.165) is 6.07 Å². The van der Waals surface area contributed by atoms with Gasteiger partial charge < -0.3 is 15.8 Å². The minimum absolute atomic E-state index is 0.0693. The largest absolute Gasteiger partial charge is 0.480 e. The fourth-order valence-electron chi connectivity index (χ4n) is 4.15. The number of anilines is 1. The van der Waals surface area contributed by atoms with E-state index in [2.05, 4.69) is 29.6 Å². The highest BCUT2D eigenvalue weighted by molar-refractivity contribution is 7.96. The molecule has 0 unspecified atom stereocenters. The molecule has 3 atom stereocenters. The number of amides is 1. The first-order chi connectivity index (χ1) is 16.2. The molecular formula is C21H24F3N7O3S. The van der Waals surface area contributed by atoms with Crippen molar-refractivity contribution in [2.45, 2.75) is 48.7 Å². The zero-order valence-corrected chi connectivity index (χ0v) is 20.2. The van der Waals surface area contributed by atoms with E-state index in [0.29, 0.717) is 0 Å². The molecule has 0 fully saturated rings. The molecule has 4 heterocycles. The number of nitrogens with two attached hydrogens (primary N) is 1. The van der Waals surface area contributed by atoms with E-state index in [1.807, 2.05) is 0 Å². The number of carbonyl (C=O) groups excluding carboxylic acids is 1. The molecule has 2 aromatic rings. The summed E-state index contributed by atoms with van der Waals surface area (Å²) < 4.78 is 65.5. The Labute approximate surface area is 199 Å². The average molecular weight is 512 g/mol. The van der Waals surface area contributed by atoms with Crippen molar-refractivity contribution >= 4 is 27.3 Å². The molecule has 0 radical (unpaired) electrons. The molecule has 0 aromatic carbocycles. The lowest BCUT2D eigenvalue weighted by Crippen LogP contribution is -2.62. The number of carbonyl (C=O) groups is 1. The minimum atomic E-state index is -3.42. The molecule has 2 aromatic heterocycles. The number of hydrogen-bond acceptors (Lipinski definition) is 9. The number of alkyl halides is 2. The van der Waals surface area contributed by atoms with Crippen LogP contribution in [0.25, 0.3) is 0 Å². The summed E-state index contributed by atoms with van der Waals surface area (Å²) in [7, 11) is -2.03. The summed E-state index contributed by atoms with van der Waals surface area (Å²) in [4.78, 5) is 28.9. The van der Waals surface area contributed by atoms with Gasteiger partial charge in [0.15, 0.2) is 0 Å². The molecule has 35 heavy (non-hydrogen) atoms. The van der Waals surface area contributed by atoms with Crippen molar-refractivity contribution in [3.05, 3.63) is 41.7 Å². The molecule has 0 aliphatic carbocycles. The first kappa shape index (κ1) is 24.8. The molecule has 0 spiro atoms. The highest BCUT2D eigenvalue weighted by Gasteiger charge is 2.60. The Hall–Kier alpha value is -3.29. The Morgan fingerprint density at radius 2 is 1.94 bits per heavy atom. The third kappa shape index (κ3) is 3.98. The number of nitrogens with zero attached hydrogens (tertiary/aromatic N) is 5. The Kier molecular flexibility index (Phi) is 5.77. The molecular weight excluding hydrogens is 487 g/mol. The van der Waals surface area contributed by atoms with Gasteiger partial charge in [-0.3, -0.25) is 9.79 Å². The van der Waals surface area contributed by atoms with E-state index in [-0.39, 0.29) is 28.9 Å². The maximum absolute atomic E-state index is 15.1. The molecule has 1 amide bonds. The predicted octanol–water partition coefficient (Wildman–Crippen LogP) is 2.51. The van der Waals surface area contributed by atoms with Crippen LogP contribution in [0.5, 0.6) is 5.88 Å².